The van der Waals surface area contributed by atoms with E-state index in [1.165, 1.54) is 11.1 Å². The zero-order valence-electron chi connectivity index (χ0n) is 9.85. The van der Waals surface area contributed by atoms with Gasteiger partial charge in [0, 0.05) is 35.1 Å². The molecule has 3 aromatic rings. The van der Waals surface area contributed by atoms with Crippen LogP contribution >= 0.6 is 0 Å². The molecule has 5 nitrogen and oxygen atoms in total. The molecule has 0 aromatic carbocycles. The highest BCUT2D eigenvalue weighted by Gasteiger charge is 2.21. The van der Waals surface area contributed by atoms with E-state index in [4.69, 9.17) is 0 Å². The quantitative estimate of drug-likeness (QED) is 0.676. The summed E-state index contributed by atoms with van der Waals surface area (Å²) >= 11 is 0. The van der Waals surface area contributed by atoms with Crippen molar-refractivity contribution in [1.82, 2.24) is 25.3 Å². The third-order valence-electron chi connectivity index (χ3n) is 3.68. The van der Waals surface area contributed by atoms with Gasteiger partial charge in [-0.3, -0.25) is 0 Å². The summed E-state index contributed by atoms with van der Waals surface area (Å²) in [4.78, 5) is 16.3. The Morgan fingerprint density at radius 2 is 2.22 bits per heavy atom. The molecule has 18 heavy (non-hydrogen) atoms. The topological polar surface area (TPSA) is 66.5 Å². The molecule has 0 saturated carbocycles. The maximum Gasteiger partial charge on any atom is 0.159 e. The van der Waals surface area contributed by atoms with Gasteiger partial charge in [-0.25, -0.2) is 15.0 Å². The largest absolute Gasteiger partial charge is 0.349 e. The van der Waals surface area contributed by atoms with Crippen molar-refractivity contribution in [3.63, 3.8) is 0 Å². The van der Waals surface area contributed by atoms with Crippen molar-refractivity contribution in [2.75, 3.05) is 13.1 Å². The molecule has 1 aliphatic heterocycles. The molecule has 0 bridgehead atoms. The summed E-state index contributed by atoms with van der Waals surface area (Å²) in [5, 5.41) is 5.68. The fraction of sp³-hybridized carbons (Fsp3) is 0.308. The second-order valence-corrected chi connectivity index (χ2v) is 4.71. The number of rotatable bonds is 1. The maximum atomic E-state index is 4.38. The number of aromatic amines is 1. The zero-order chi connectivity index (χ0) is 11.9. The molecule has 1 aliphatic rings. The molecule has 1 unspecified atom stereocenters. The Morgan fingerprint density at radius 3 is 3.11 bits per heavy atom. The molecule has 5 heteroatoms. The fourth-order valence-electron chi connectivity index (χ4n) is 2.80. The lowest BCUT2D eigenvalue weighted by molar-refractivity contribution is 0.740. The summed E-state index contributed by atoms with van der Waals surface area (Å²) < 4.78 is 0. The van der Waals surface area contributed by atoms with Crippen LogP contribution in [0.5, 0.6) is 0 Å². The van der Waals surface area contributed by atoms with Crippen LogP contribution in [0.3, 0.4) is 0 Å². The highest BCUT2D eigenvalue weighted by molar-refractivity contribution is 6.04. The van der Waals surface area contributed by atoms with Crippen LogP contribution in [0.2, 0.25) is 0 Å². The van der Waals surface area contributed by atoms with Crippen LogP contribution in [0.4, 0.5) is 0 Å². The molecule has 2 N–H and O–H groups in total. The average Bonchev–Trinajstić information content (AvgIpc) is 3.09. The van der Waals surface area contributed by atoms with Crippen LogP contribution in [0, 0.1) is 0 Å². The minimum Gasteiger partial charge on any atom is -0.349 e. The Labute approximate surface area is 104 Å². The van der Waals surface area contributed by atoms with E-state index < -0.39 is 0 Å². The Balaban J connectivity index is 2.08. The zero-order valence-corrected chi connectivity index (χ0v) is 9.85. The molecule has 1 atom stereocenters. The summed E-state index contributed by atoms with van der Waals surface area (Å²) in [7, 11) is 0. The van der Waals surface area contributed by atoms with Crippen molar-refractivity contribution >= 4 is 21.9 Å². The highest BCUT2D eigenvalue weighted by Crippen LogP contribution is 2.30. The molecular weight excluding hydrogens is 226 g/mol. The van der Waals surface area contributed by atoms with Gasteiger partial charge in [0.15, 0.2) is 5.65 Å². The van der Waals surface area contributed by atoms with Crippen molar-refractivity contribution < 1.29 is 0 Å². The molecule has 0 spiro atoms. The van der Waals surface area contributed by atoms with Crippen LogP contribution in [0.25, 0.3) is 21.9 Å². The van der Waals surface area contributed by atoms with Gasteiger partial charge in [0.1, 0.15) is 0 Å². The molecule has 3 aromatic heterocycles. The number of aromatic nitrogens is 4. The van der Waals surface area contributed by atoms with Crippen molar-refractivity contribution in [2.24, 2.45) is 0 Å². The number of pyridine rings is 1. The van der Waals surface area contributed by atoms with Gasteiger partial charge in [0.2, 0.25) is 0 Å². The standard InChI is InChI=1S/C13H13N5/c1-3-14-5-8(1)12-11-9-2-4-15-13(9)16-6-10(11)17-7-18-12/h2,4,6-8,14H,1,3,5H2,(H,17,18). The lowest BCUT2D eigenvalue weighted by Crippen LogP contribution is -2.09. The molecule has 0 aliphatic carbocycles. The number of hydrogen-bond acceptors (Lipinski definition) is 4. The lowest BCUT2D eigenvalue weighted by atomic mass is 9.99. The Morgan fingerprint density at radius 1 is 1.22 bits per heavy atom. The molecule has 4 heterocycles. The van der Waals surface area contributed by atoms with E-state index >= 15 is 0 Å². The van der Waals surface area contributed by atoms with Gasteiger partial charge in [0.05, 0.1) is 18.0 Å². The van der Waals surface area contributed by atoms with Crippen LogP contribution in [-0.4, -0.2) is 33.0 Å². The van der Waals surface area contributed by atoms with E-state index in [0.717, 1.165) is 36.1 Å². The number of fused-ring (bicyclic) bond motifs is 3. The Bertz CT molecular complexity index is 712. The smallest absolute Gasteiger partial charge is 0.159 e. The molecule has 90 valence electrons. The third-order valence-corrected chi connectivity index (χ3v) is 3.68. The molecular formula is C13H13N5. The second-order valence-electron chi connectivity index (χ2n) is 4.71. The van der Waals surface area contributed by atoms with Gasteiger partial charge in [-0.15, -0.1) is 0 Å². The summed E-state index contributed by atoms with van der Waals surface area (Å²) in [6, 6.07) is 2.02. The van der Waals surface area contributed by atoms with Crippen LogP contribution in [0.1, 0.15) is 18.0 Å². The van der Waals surface area contributed by atoms with Gasteiger partial charge >= 0.3 is 0 Å². The van der Waals surface area contributed by atoms with Crippen molar-refractivity contribution in [1.29, 1.82) is 0 Å². The maximum absolute atomic E-state index is 4.38. The number of hydrogen-bond donors (Lipinski definition) is 2. The van der Waals surface area contributed by atoms with Crippen molar-refractivity contribution in [2.45, 2.75) is 12.3 Å². The SMILES string of the molecule is c1cc2c(n1)ncc1nc[nH]c(C3CCNC3)c12. The normalized spacial score (nSPS) is 19.9. The minimum atomic E-state index is 0.524. The molecule has 0 radical (unpaired) electrons. The Hall–Kier alpha value is -2.01. The molecule has 0 amide bonds. The first-order valence-electron chi connectivity index (χ1n) is 6.21. The van der Waals surface area contributed by atoms with Gasteiger partial charge < -0.3 is 10.3 Å². The molecule has 4 rings (SSSR count). The van der Waals surface area contributed by atoms with E-state index in [1.54, 1.807) is 12.5 Å². The Kier molecular flexibility index (Phi) is 2.07. The highest BCUT2D eigenvalue weighted by atomic mass is 14.9. The summed E-state index contributed by atoms with van der Waals surface area (Å²) in [5.41, 5.74) is 3.00. The van der Waals surface area contributed by atoms with E-state index in [-0.39, 0.29) is 0 Å². The van der Waals surface area contributed by atoms with Gasteiger partial charge in [-0.2, -0.15) is 0 Å². The lowest BCUT2D eigenvalue weighted by Gasteiger charge is -2.12. The second kappa shape index (κ2) is 3.74. The summed E-state index contributed by atoms with van der Waals surface area (Å²) in [6.45, 7) is 2.10. The number of nitrogens with one attached hydrogen (secondary N) is 2. The molecule has 1 saturated heterocycles. The average molecular weight is 239 g/mol. The van der Waals surface area contributed by atoms with Crippen molar-refractivity contribution in [3.8, 4) is 0 Å². The van der Waals surface area contributed by atoms with Crippen LogP contribution in [0.15, 0.2) is 24.8 Å². The first kappa shape index (κ1) is 9.96. The predicted molar refractivity (Wildman–Crippen MR) is 69.4 cm³/mol. The van der Waals surface area contributed by atoms with Crippen LogP contribution in [-0.2, 0) is 0 Å². The van der Waals surface area contributed by atoms with Crippen molar-refractivity contribution in [3.05, 3.63) is 30.5 Å². The van der Waals surface area contributed by atoms with E-state index in [2.05, 4.69) is 25.3 Å². The van der Waals surface area contributed by atoms with Crippen LogP contribution < -0.4 is 5.32 Å². The first-order chi connectivity index (χ1) is 8.93. The van der Waals surface area contributed by atoms with E-state index in [9.17, 15) is 0 Å². The fourth-order valence-corrected chi connectivity index (χ4v) is 2.80. The molecule has 1 fully saturated rings. The van der Waals surface area contributed by atoms with Gasteiger partial charge in [-0.1, -0.05) is 0 Å². The van der Waals surface area contributed by atoms with E-state index in [0.29, 0.717) is 5.92 Å². The van der Waals surface area contributed by atoms with Gasteiger partial charge in [-0.05, 0) is 19.0 Å². The van der Waals surface area contributed by atoms with E-state index in [1.807, 2.05) is 12.3 Å². The first-order valence-corrected chi connectivity index (χ1v) is 6.21. The number of nitrogens with zero attached hydrogens (tertiary/aromatic N) is 3. The third kappa shape index (κ3) is 1.34. The predicted octanol–water partition coefficient (Wildman–Crippen LogP) is 1.58. The van der Waals surface area contributed by atoms with Gasteiger partial charge in [0.25, 0.3) is 0 Å². The summed E-state index contributed by atoms with van der Waals surface area (Å²) in [6.07, 6.45) is 6.54. The summed E-state index contributed by atoms with van der Waals surface area (Å²) in [5.74, 6) is 0.524. The minimum absolute atomic E-state index is 0.524. The monoisotopic (exact) mass is 239 g/mol. The number of H-pyrrole nitrogens is 1.